The molecule has 0 bridgehead atoms. The topological polar surface area (TPSA) is 106 Å². The molecule has 0 heterocycles. The van der Waals surface area contributed by atoms with Crippen LogP contribution < -0.4 is 16.0 Å². The molecule has 302 valence electrons. The van der Waals surface area contributed by atoms with Crippen molar-refractivity contribution >= 4 is 23.7 Å². The molecule has 5 fully saturated rings. The molecule has 5 saturated carbocycles. The number of methoxy groups -OCH3 is 1. The normalized spacial score (nSPS) is 38.1. The number of urea groups is 1. The molecule has 0 spiro atoms. The second-order valence-corrected chi connectivity index (χ2v) is 21.2. The predicted octanol–water partition coefficient (Wildman–Crippen LogP) is 10.2. The number of carbonyl (C=O) groups excluding carboxylic acids is 3. The summed E-state index contributed by atoms with van der Waals surface area (Å²) in [6.45, 7) is 25.6. The first-order chi connectivity index (χ1) is 25.6. The summed E-state index contributed by atoms with van der Waals surface area (Å²) < 4.78 is 10.5. The third-order valence-corrected chi connectivity index (χ3v) is 16.8. The average Bonchev–Trinajstić information content (AvgIpc) is 3.75. The minimum Gasteiger partial charge on any atom is -0.465 e. The molecular formula is C47H69N3O5. The second kappa shape index (κ2) is 13.4. The lowest BCUT2D eigenvalue weighted by molar-refractivity contribution is -0.218. The van der Waals surface area contributed by atoms with Crippen molar-refractivity contribution in [3.63, 3.8) is 0 Å². The monoisotopic (exact) mass is 756 g/mol. The molecule has 0 aromatic heterocycles. The summed E-state index contributed by atoms with van der Waals surface area (Å²) in [6.07, 6.45) is 13.8. The van der Waals surface area contributed by atoms with Gasteiger partial charge in [0.25, 0.3) is 0 Å². The molecule has 1 aromatic carbocycles. The van der Waals surface area contributed by atoms with Crippen LogP contribution in [0.15, 0.2) is 42.5 Å². The van der Waals surface area contributed by atoms with Crippen LogP contribution in [-0.4, -0.2) is 48.4 Å². The Hall–Kier alpha value is -3.29. The molecule has 3 N–H and O–H groups in total. The van der Waals surface area contributed by atoms with E-state index in [1.54, 1.807) is 0 Å². The third-order valence-electron chi connectivity index (χ3n) is 16.8. The van der Waals surface area contributed by atoms with E-state index in [2.05, 4.69) is 82.3 Å². The van der Waals surface area contributed by atoms with Crippen molar-refractivity contribution in [1.82, 2.24) is 16.0 Å². The number of amides is 3. The first kappa shape index (κ1) is 39.9. The predicted molar refractivity (Wildman–Crippen MR) is 218 cm³/mol. The van der Waals surface area contributed by atoms with Crippen molar-refractivity contribution in [1.29, 1.82) is 0 Å². The number of hydrogen-bond donors (Lipinski definition) is 3. The van der Waals surface area contributed by atoms with Crippen molar-refractivity contribution in [2.75, 3.05) is 13.7 Å². The largest absolute Gasteiger partial charge is 0.465 e. The molecule has 8 nitrogen and oxygen atoms in total. The first-order valence-corrected chi connectivity index (χ1v) is 21.3. The first-order valence-electron chi connectivity index (χ1n) is 21.3. The Balaban J connectivity index is 1.11. The minimum absolute atomic E-state index is 0.00413. The Bertz CT molecular complexity index is 1750. The fourth-order valence-corrected chi connectivity index (χ4v) is 13.9. The Morgan fingerprint density at radius 2 is 1.53 bits per heavy atom. The molecular weight excluding hydrogens is 687 g/mol. The number of allylic oxidation sites excluding steroid dienone is 3. The van der Waals surface area contributed by atoms with Gasteiger partial charge in [-0.2, -0.15) is 0 Å². The maximum Gasteiger partial charge on any atom is 0.408 e. The van der Waals surface area contributed by atoms with Gasteiger partial charge in [0.05, 0.1) is 18.2 Å². The highest BCUT2D eigenvalue weighted by Crippen LogP contribution is 2.76. The van der Waals surface area contributed by atoms with Crippen LogP contribution >= 0.6 is 0 Å². The molecule has 7 rings (SSSR count). The minimum atomic E-state index is -0.569. The van der Waals surface area contributed by atoms with Gasteiger partial charge in [-0.05, 0) is 173 Å². The lowest BCUT2D eigenvalue weighted by Crippen LogP contribution is -2.69. The van der Waals surface area contributed by atoms with E-state index < -0.39 is 17.2 Å². The van der Waals surface area contributed by atoms with Crippen LogP contribution in [0.5, 0.6) is 0 Å². The van der Waals surface area contributed by atoms with E-state index in [0.29, 0.717) is 41.7 Å². The smallest absolute Gasteiger partial charge is 0.408 e. The van der Waals surface area contributed by atoms with Crippen LogP contribution in [0, 0.1) is 51.2 Å². The van der Waals surface area contributed by atoms with Crippen LogP contribution in [-0.2, 0) is 9.47 Å². The molecule has 8 heteroatoms. The summed E-state index contributed by atoms with van der Waals surface area (Å²) >= 11 is 0. The standard InChI is InChI=1S/C47H69N3O5/c1-29(2)32-18-23-47(49-39(52)48-28-46(25-26-46)50-40(53)55-41(3,4)5)27-24-44(9)34(37(32)47)16-17-36-43(8)21-19-33(30-12-14-31(15-13-30)38(51)54-11)42(6,7)35(43)20-22-45(36,44)10/h12-15,19,32,34-37H,1,16-18,20-28H2,2-11H3,(H,50,53)(H2,48,49,52). The average molecular weight is 756 g/mol. The van der Waals surface area contributed by atoms with Gasteiger partial charge in [0.1, 0.15) is 5.60 Å². The molecule has 0 radical (unpaired) electrons. The summed E-state index contributed by atoms with van der Waals surface area (Å²) in [5, 5.41) is 9.86. The summed E-state index contributed by atoms with van der Waals surface area (Å²) in [5.74, 6) is 2.13. The van der Waals surface area contributed by atoms with Gasteiger partial charge >= 0.3 is 18.1 Å². The maximum atomic E-state index is 13.9. The van der Waals surface area contributed by atoms with Gasteiger partial charge in [0.2, 0.25) is 0 Å². The fraction of sp³-hybridized carbons (Fsp3) is 0.723. The number of carbonyl (C=O) groups is 3. The summed E-state index contributed by atoms with van der Waals surface area (Å²) in [4.78, 5) is 38.6. The molecule has 6 aliphatic rings. The number of benzene rings is 1. The van der Waals surface area contributed by atoms with Crippen LogP contribution in [0.2, 0.25) is 0 Å². The zero-order valence-electron chi connectivity index (χ0n) is 35.5. The fourth-order valence-electron chi connectivity index (χ4n) is 13.9. The van der Waals surface area contributed by atoms with E-state index >= 15 is 0 Å². The van der Waals surface area contributed by atoms with Gasteiger partial charge < -0.3 is 25.4 Å². The van der Waals surface area contributed by atoms with E-state index in [4.69, 9.17) is 9.47 Å². The van der Waals surface area contributed by atoms with Gasteiger partial charge in [0.15, 0.2) is 0 Å². The van der Waals surface area contributed by atoms with Gasteiger partial charge in [-0.15, -0.1) is 0 Å². The molecule has 3 amide bonds. The van der Waals surface area contributed by atoms with Crippen LogP contribution in [0.1, 0.15) is 149 Å². The Labute approximate surface area is 330 Å². The van der Waals surface area contributed by atoms with Crippen LogP contribution in [0.25, 0.3) is 5.57 Å². The van der Waals surface area contributed by atoms with E-state index in [-0.39, 0.29) is 39.2 Å². The Kier molecular flexibility index (Phi) is 9.73. The molecule has 55 heavy (non-hydrogen) atoms. The second-order valence-electron chi connectivity index (χ2n) is 21.2. The quantitative estimate of drug-likeness (QED) is 0.190. The van der Waals surface area contributed by atoms with E-state index in [1.165, 1.54) is 49.5 Å². The summed E-state index contributed by atoms with van der Waals surface area (Å²) in [5.41, 5.74) is 3.72. The number of alkyl carbamates (subject to hydrolysis) is 1. The van der Waals surface area contributed by atoms with Crippen LogP contribution in [0.3, 0.4) is 0 Å². The van der Waals surface area contributed by atoms with Gasteiger partial charge in [-0.1, -0.05) is 65.0 Å². The molecule has 0 saturated heterocycles. The van der Waals surface area contributed by atoms with Crippen molar-refractivity contribution in [2.24, 2.45) is 51.2 Å². The Morgan fingerprint density at radius 3 is 2.15 bits per heavy atom. The van der Waals surface area contributed by atoms with Crippen molar-refractivity contribution in [2.45, 2.75) is 150 Å². The van der Waals surface area contributed by atoms with Crippen LogP contribution in [0.4, 0.5) is 9.59 Å². The van der Waals surface area contributed by atoms with Gasteiger partial charge in [-0.3, -0.25) is 0 Å². The van der Waals surface area contributed by atoms with E-state index in [1.807, 2.05) is 32.9 Å². The number of fused-ring (bicyclic) bond motifs is 7. The molecule has 9 atom stereocenters. The van der Waals surface area contributed by atoms with E-state index in [0.717, 1.165) is 44.9 Å². The van der Waals surface area contributed by atoms with Crippen molar-refractivity contribution in [3.05, 3.63) is 53.6 Å². The number of nitrogens with one attached hydrogen (secondary N) is 3. The van der Waals surface area contributed by atoms with E-state index in [9.17, 15) is 14.4 Å². The number of hydrogen-bond acceptors (Lipinski definition) is 5. The molecule has 9 unspecified atom stereocenters. The SMILES string of the molecule is C=C(C)C1CCC2(NC(=O)NCC3(NC(=O)OC(C)(C)C)CC3)CCC3(C)C(CCC4C5(C)CC=C(c6ccc(C(=O)OC)cc6)C(C)(C)C5CCC43C)C12. The highest BCUT2D eigenvalue weighted by Gasteiger charge is 2.70. The molecule has 0 aliphatic heterocycles. The molecule has 1 aromatic rings. The third kappa shape index (κ3) is 6.53. The maximum absolute atomic E-state index is 13.9. The summed E-state index contributed by atoms with van der Waals surface area (Å²) in [6, 6.07) is 7.90. The lowest BCUT2D eigenvalue weighted by atomic mass is 9.33. The Morgan fingerprint density at radius 1 is 0.836 bits per heavy atom. The summed E-state index contributed by atoms with van der Waals surface area (Å²) in [7, 11) is 1.43. The lowest BCUT2D eigenvalue weighted by Gasteiger charge is -2.72. The zero-order valence-corrected chi connectivity index (χ0v) is 35.5. The van der Waals surface area contributed by atoms with Gasteiger partial charge in [0, 0.05) is 12.1 Å². The molecule has 6 aliphatic carbocycles. The van der Waals surface area contributed by atoms with Crippen molar-refractivity contribution in [3.8, 4) is 0 Å². The zero-order chi connectivity index (χ0) is 40.0. The highest BCUT2D eigenvalue weighted by molar-refractivity contribution is 5.90. The number of esters is 1. The number of rotatable bonds is 7. The van der Waals surface area contributed by atoms with Crippen molar-refractivity contribution < 1.29 is 23.9 Å². The highest BCUT2D eigenvalue weighted by atomic mass is 16.6. The number of ether oxygens (including phenoxy) is 2. The van der Waals surface area contributed by atoms with Gasteiger partial charge in [-0.25, -0.2) is 14.4 Å².